The Labute approximate surface area is 102 Å². The summed E-state index contributed by atoms with van der Waals surface area (Å²) in [6.07, 6.45) is -12.7. The molecule has 0 bridgehead atoms. The van der Waals surface area contributed by atoms with E-state index < -0.39 is 41.1 Å². The van der Waals surface area contributed by atoms with Gasteiger partial charge in [-0.25, -0.2) is 4.79 Å². The molecule has 0 unspecified atom stereocenters. The van der Waals surface area contributed by atoms with Crippen molar-refractivity contribution in [2.75, 3.05) is 0 Å². The topological polar surface area (TPSA) is 57.5 Å². The fourth-order valence-corrected chi connectivity index (χ4v) is 1.36. The molecule has 0 aliphatic carbocycles. The van der Waals surface area contributed by atoms with E-state index in [9.17, 15) is 31.1 Å². The average molecular weight is 288 g/mol. The number of alkyl halides is 6. The molecule has 1 aromatic rings. The SMILES string of the molecule is O=C(O)[C@H](O)c1cc(C(F)(F)F)ccc1C(F)(F)F. The third-order valence-electron chi connectivity index (χ3n) is 2.21. The van der Waals surface area contributed by atoms with Gasteiger partial charge in [0, 0.05) is 5.56 Å². The number of carboxylic acid groups (broad SMARTS) is 1. The molecule has 106 valence electrons. The Morgan fingerprint density at radius 2 is 1.58 bits per heavy atom. The molecule has 3 nitrogen and oxygen atoms in total. The van der Waals surface area contributed by atoms with Crippen molar-refractivity contribution in [1.29, 1.82) is 0 Å². The van der Waals surface area contributed by atoms with Gasteiger partial charge in [-0.15, -0.1) is 0 Å². The Bertz CT molecular complexity index is 491. The number of aliphatic hydroxyl groups is 1. The van der Waals surface area contributed by atoms with Crippen molar-refractivity contribution in [2.24, 2.45) is 0 Å². The maximum absolute atomic E-state index is 12.5. The molecular weight excluding hydrogens is 282 g/mol. The van der Waals surface area contributed by atoms with Gasteiger partial charge < -0.3 is 10.2 Å². The second kappa shape index (κ2) is 4.72. The summed E-state index contributed by atoms with van der Waals surface area (Å²) in [6, 6.07) is 0.229. The fourth-order valence-electron chi connectivity index (χ4n) is 1.36. The van der Waals surface area contributed by atoms with Crippen LogP contribution in [0.5, 0.6) is 0 Å². The summed E-state index contributed by atoms with van der Waals surface area (Å²) in [5, 5.41) is 17.5. The van der Waals surface area contributed by atoms with Crippen molar-refractivity contribution < 1.29 is 41.4 Å². The van der Waals surface area contributed by atoms with Gasteiger partial charge in [0.15, 0.2) is 6.10 Å². The molecule has 0 aliphatic heterocycles. The smallest absolute Gasteiger partial charge is 0.416 e. The van der Waals surface area contributed by atoms with Crippen LogP contribution in [-0.2, 0) is 17.1 Å². The number of carboxylic acids is 1. The van der Waals surface area contributed by atoms with E-state index in [1.807, 2.05) is 0 Å². The molecule has 0 radical (unpaired) electrons. The summed E-state index contributed by atoms with van der Waals surface area (Å²) in [4.78, 5) is 10.4. The van der Waals surface area contributed by atoms with Crippen molar-refractivity contribution in [1.82, 2.24) is 0 Å². The zero-order valence-electron chi connectivity index (χ0n) is 8.88. The molecule has 9 heteroatoms. The highest BCUT2D eigenvalue weighted by Gasteiger charge is 2.39. The number of benzene rings is 1. The predicted octanol–water partition coefficient (Wildman–Crippen LogP) is 2.84. The number of hydrogen-bond donors (Lipinski definition) is 2. The third kappa shape index (κ3) is 3.37. The lowest BCUT2D eigenvalue weighted by molar-refractivity contribution is -0.150. The molecule has 1 aromatic carbocycles. The van der Waals surface area contributed by atoms with E-state index in [-0.39, 0.29) is 18.2 Å². The first-order valence-corrected chi connectivity index (χ1v) is 4.64. The van der Waals surface area contributed by atoms with Crippen LogP contribution in [0.25, 0.3) is 0 Å². The monoisotopic (exact) mass is 288 g/mol. The lowest BCUT2D eigenvalue weighted by Gasteiger charge is -2.17. The van der Waals surface area contributed by atoms with Crippen molar-refractivity contribution in [2.45, 2.75) is 18.5 Å². The van der Waals surface area contributed by atoms with Crippen LogP contribution in [0.3, 0.4) is 0 Å². The first-order valence-electron chi connectivity index (χ1n) is 4.64. The van der Waals surface area contributed by atoms with Gasteiger partial charge in [0.1, 0.15) is 0 Å². The minimum absolute atomic E-state index is 0.0262. The van der Waals surface area contributed by atoms with Crippen LogP contribution >= 0.6 is 0 Å². The van der Waals surface area contributed by atoms with Crippen LogP contribution < -0.4 is 0 Å². The second-order valence-electron chi connectivity index (χ2n) is 3.54. The molecular formula is C10H6F6O3. The number of aliphatic carboxylic acids is 1. The van der Waals surface area contributed by atoms with Gasteiger partial charge in [0.05, 0.1) is 11.1 Å². The van der Waals surface area contributed by atoms with E-state index in [0.29, 0.717) is 0 Å². The summed E-state index contributed by atoms with van der Waals surface area (Å²) in [5.41, 5.74) is -4.46. The Kier molecular flexibility index (Phi) is 3.80. The summed E-state index contributed by atoms with van der Waals surface area (Å²) < 4.78 is 74.6. The fraction of sp³-hybridized carbons (Fsp3) is 0.300. The van der Waals surface area contributed by atoms with E-state index in [4.69, 9.17) is 10.2 Å². The zero-order valence-corrected chi connectivity index (χ0v) is 8.88. The van der Waals surface area contributed by atoms with Crippen molar-refractivity contribution in [3.8, 4) is 0 Å². The largest absolute Gasteiger partial charge is 0.479 e. The molecule has 19 heavy (non-hydrogen) atoms. The quantitative estimate of drug-likeness (QED) is 0.823. The Balaban J connectivity index is 3.48. The maximum atomic E-state index is 12.5. The number of halogens is 6. The second-order valence-corrected chi connectivity index (χ2v) is 3.54. The third-order valence-corrected chi connectivity index (χ3v) is 2.21. The Morgan fingerprint density at radius 1 is 1.05 bits per heavy atom. The van der Waals surface area contributed by atoms with Crippen LogP contribution in [0.15, 0.2) is 18.2 Å². The summed E-state index contributed by atoms with van der Waals surface area (Å²) in [5.74, 6) is -2.08. The maximum Gasteiger partial charge on any atom is 0.416 e. The molecule has 0 spiro atoms. The Morgan fingerprint density at radius 3 is 1.95 bits per heavy atom. The highest BCUT2D eigenvalue weighted by Crippen LogP contribution is 2.38. The molecule has 0 fully saturated rings. The Hall–Kier alpha value is -1.77. The van der Waals surface area contributed by atoms with Crippen LogP contribution in [0.2, 0.25) is 0 Å². The van der Waals surface area contributed by atoms with Gasteiger partial charge in [-0.05, 0) is 18.2 Å². The summed E-state index contributed by atoms with van der Waals surface area (Å²) in [7, 11) is 0. The van der Waals surface area contributed by atoms with Crippen LogP contribution in [-0.4, -0.2) is 16.2 Å². The predicted molar refractivity (Wildman–Crippen MR) is 49.0 cm³/mol. The molecule has 0 aliphatic rings. The van der Waals surface area contributed by atoms with Crippen molar-refractivity contribution in [3.05, 3.63) is 34.9 Å². The highest BCUT2D eigenvalue weighted by molar-refractivity contribution is 5.74. The van der Waals surface area contributed by atoms with E-state index in [0.717, 1.165) is 0 Å². The minimum atomic E-state index is -5.07. The van der Waals surface area contributed by atoms with E-state index >= 15 is 0 Å². The normalized spacial score (nSPS) is 14.3. The minimum Gasteiger partial charge on any atom is -0.479 e. The van der Waals surface area contributed by atoms with Gasteiger partial charge in [-0.1, -0.05) is 0 Å². The molecule has 0 saturated heterocycles. The van der Waals surface area contributed by atoms with Crippen LogP contribution in [0.4, 0.5) is 26.3 Å². The van der Waals surface area contributed by atoms with E-state index in [2.05, 4.69) is 0 Å². The average Bonchev–Trinajstić information content (AvgIpc) is 2.24. The lowest BCUT2D eigenvalue weighted by atomic mass is 9.98. The van der Waals surface area contributed by atoms with Crippen molar-refractivity contribution >= 4 is 5.97 Å². The van der Waals surface area contributed by atoms with Gasteiger partial charge in [0.2, 0.25) is 0 Å². The molecule has 0 saturated carbocycles. The van der Waals surface area contributed by atoms with Crippen LogP contribution in [0, 0.1) is 0 Å². The van der Waals surface area contributed by atoms with Gasteiger partial charge in [-0.2, -0.15) is 26.3 Å². The van der Waals surface area contributed by atoms with Gasteiger partial charge in [0.25, 0.3) is 0 Å². The van der Waals surface area contributed by atoms with E-state index in [1.54, 1.807) is 0 Å². The summed E-state index contributed by atoms with van der Waals surface area (Å²) in [6.45, 7) is 0. The van der Waals surface area contributed by atoms with Gasteiger partial charge >= 0.3 is 18.3 Å². The first kappa shape index (κ1) is 15.3. The molecule has 1 atom stereocenters. The van der Waals surface area contributed by atoms with Crippen LogP contribution in [0.1, 0.15) is 22.8 Å². The number of hydrogen-bond acceptors (Lipinski definition) is 2. The highest BCUT2D eigenvalue weighted by atomic mass is 19.4. The standard InChI is InChI=1S/C10H6F6O3/c11-9(12,13)4-1-2-6(10(14,15)16)5(3-4)7(17)8(18)19/h1-3,7,17H,(H,18,19)/t7-/m1/s1. The molecule has 2 N–H and O–H groups in total. The first-order chi connectivity index (χ1) is 8.44. The number of carbonyl (C=O) groups is 1. The lowest BCUT2D eigenvalue weighted by Crippen LogP contribution is -2.19. The van der Waals surface area contributed by atoms with Crippen molar-refractivity contribution in [3.63, 3.8) is 0 Å². The van der Waals surface area contributed by atoms with E-state index in [1.165, 1.54) is 0 Å². The zero-order chi connectivity index (χ0) is 15.0. The molecule has 1 rings (SSSR count). The number of aliphatic hydroxyl groups excluding tert-OH is 1. The summed E-state index contributed by atoms with van der Waals surface area (Å²) >= 11 is 0. The molecule has 0 aromatic heterocycles. The van der Waals surface area contributed by atoms with Gasteiger partial charge in [-0.3, -0.25) is 0 Å². The molecule has 0 heterocycles. The molecule has 0 amide bonds. The number of rotatable bonds is 2.